The van der Waals surface area contributed by atoms with E-state index in [9.17, 15) is 5.11 Å². The highest BCUT2D eigenvalue weighted by atomic mass is 32.1. The summed E-state index contributed by atoms with van der Waals surface area (Å²) in [5.74, 6) is 0.331. The van der Waals surface area contributed by atoms with Crippen molar-refractivity contribution in [3.8, 4) is 10.6 Å². The molecular weight excluding hydrogens is 316 g/mol. The second-order valence-electron chi connectivity index (χ2n) is 5.75. The molecular formula is C20H22N2OS. The number of benzene rings is 2. The molecule has 0 radical (unpaired) electrons. The second kappa shape index (κ2) is 8.73. The number of thiazole rings is 1. The van der Waals surface area contributed by atoms with Gasteiger partial charge >= 0.3 is 0 Å². The monoisotopic (exact) mass is 338 g/mol. The summed E-state index contributed by atoms with van der Waals surface area (Å²) < 4.78 is 0. The second-order valence-corrected chi connectivity index (χ2v) is 6.86. The van der Waals surface area contributed by atoms with Crippen molar-refractivity contribution in [2.24, 2.45) is 0 Å². The van der Waals surface area contributed by atoms with Gasteiger partial charge in [-0.1, -0.05) is 60.7 Å². The molecule has 3 nitrogen and oxygen atoms in total. The van der Waals surface area contributed by atoms with Gasteiger partial charge in [0.1, 0.15) is 5.01 Å². The first kappa shape index (κ1) is 16.8. The zero-order valence-corrected chi connectivity index (χ0v) is 14.4. The van der Waals surface area contributed by atoms with E-state index in [0.29, 0.717) is 5.92 Å². The SMILES string of the molecule is OCCC(CNCc1cnc(-c2ccccc2)s1)c1ccccc1. The van der Waals surface area contributed by atoms with Gasteiger partial charge in [0.15, 0.2) is 0 Å². The molecule has 1 aromatic heterocycles. The molecule has 0 amide bonds. The van der Waals surface area contributed by atoms with E-state index in [1.54, 1.807) is 11.3 Å². The Morgan fingerprint density at radius 3 is 2.42 bits per heavy atom. The highest BCUT2D eigenvalue weighted by Crippen LogP contribution is 2.25. The number of rotatable bonds is 8. The van der Waals surface area contributed by atoms with E-state index in [-0.39, 0.29) is 6.61 Å². The van der Waals surface area contributed by atoms with Crippen LogP contribution in [0.15, 0.2) is 66.9 Å². The van der Waals surface area contributed by atoms with Crippen molar-refractivity contribution in [1.82, 2.24) is 10.3 Å². The predicted molar refractivity (Wildman–Crippen MR) is 100 cm³/mol. The third kappa shape index (κ3) is 4.51. The summed E-state index contributed by atoms with van der Waals surface area (Å²) in [6, 6.07) is 20.6. The lowest BCUT2D eigenvalue weighted by molar-refractivity contribution is 0.273. The molecule has 0 aliphatic rings. The van der Waals surface area contributed by atoms with E-state index >= 15 is 0 Å². The number of aliphatic hydroxyl groups excluding tert-OH is 1. The zero-order chi connectivity index (χ0) is 16.6. The molecule has 1 heterocycles. The molecule has 4 heteroatoms. The minimum Gasteiger partial charge on any atom is -0.396 e. The summed E-state index contributed by atoms with van der Waals surface area (Å²) in [4.78, 5) is 5.74. The van der Waals surface area contributed by atoms with Crippen molar-refractivity contribution in [2.75, 3.05) is 13.2 Å². The van der Waals surface area contributed by atoms with Gasteiger partial charge in [-0.3, -0.25) is 0 Å². The molecule has 2 aromatic carbocycles. The highest BCUT2D eigenvalue weighted by molar-refractivity contribution is 7.15. The van der Waals surface area contributed by atoms with E-state index < -0.39 is 0 Å². The molecule has 0 aliphatic heterocycles. The van der Waals surface area contributed by atoms with Gasteiger partial charge in [0.05, 0.1) is 0 Å². The molecule has 1 unspecified atom stereocenters. The Morgan fingerprint density at radius 1 is 1.00 bits per heavy atom. The van der Waals surface area contributed by atoms with Gasteiger partial charge in [-0.25, -0.2) is 4.98 Å². The molecule has 3 aromatic rings. The van der Waals surface area contributed by atoms with Crippen LogP contribution in [0.5, 0.6) is 0 Å². The molecule has 1 atom stereocenters. The zero-order valence-electron chi connectivity index (χ0n) is 13.6. The Labute approximate surface area is 147 Å². The Bertz CT molecular complexity index is 728. The smallest absolute Gasteiger partial charge is 0.123 e. The molecule has 0 spiro atoms. The molecule has 3 rings (SSSR count). The van der Waals surface area contributed by atoms with Gasteiger partial charge < -0.3 is 10.4 Å². The number of hydrogen-bond acceptors (Lipinski definition) is 4. The lowest BCUT2D eigenvalue weighted by Crippen LogP contribution is -2.21. The number of aliphatic hydroxyl groups is 1. The molecule has 0 bridgehead atoms. The summed E-state index contributed by atoms with van der Waals surface area (Å²) in [6.45, 7) is 1.86. The van der Waals surface area contributed by atoms with Crippen LogP contribution in [0.3, 0.4) is 0 Å². The van der Waals surface area contributed by atoms with Gasteiger partial charge in [0, 0.05) is 36.3 Å². The first-order valence-corrected chi connectivity index (χ1v) is 9.05. The topological polar surface area (TPSA) is 45.1 Å². The molecule has 0 saturated heterocycles. The summed E-state index contributed by atoms with van der Waals surface area (Å²) in [6.07, 6.45) is 2.72. The average molecular weight is 338 g/mol. The van der Waals surface area contributed by atoms with Crippen molar-refractivity contribution in [2.45, 2.75) is 18.9 Å². The number of aromatic nitrogens is 1. The predicted octanol–water partition coefficient (Wildman–Crippen LogP) is 4.07. The Hall–Kier alpha value is -2.01. The minimum absolute atomic E-state index is 0.208. The van der Waals surface area contributed by atoms with Crippen molar-refractivity contribution in [1.29, 1.82) is 0 Å². The van der Waals surface area contributed by atoms with Gasteiger partial charge in [0.2, 0.25) is 0 Å². The molecule has 24 heavy (non-hydrogen) atoms. The lowest BCUT2D eigenvalue weighted by Gasteiger charge is -2.16. The summed E-state index contributed by atoms with van der Waals surface area (Å²) >= 11 is 1.72. The largest absolute Gasteiger partial charge is 0.396 e. The maximum absolute atomic E-state index is 9.31. The third-order valence-corrected chi connectivity index (χ3v) is 5.06. The van der Waals surface area contributed by atoms with E-state index in [4.69, 9.17) is 0 Å². The minimum atomic E-state index is 0.208. The van der Waals surface area contributed by atoms with Crippen LogP contribution in [0, 0.1) is 0 Å². The molecule has 0 saturated carbocycles. The molecule has 0 fully saturated rings. The Kier molecular flexibility index (Phi) is 6.13. The van der Waals surface area contributed by atoms with Crippen molar-refractivity contribution in [3.05, 3.63) is 77.3 Å². The van der Waals surface area contributed by atoms with Crippen LogP contribution in [-0.2, 0) is 6.54 Å². The summed E-state index contributed by atoms with van der Waals surface area (Å²) in [7, 11) is 0. The number of nitrogens with one attached hydrogen (secondary N) is 1. The van der Waals surface area contributed by atoms with Crippen LogP contribution < -0.4 is 5.32 Å². The fourth-order valence-electron chi connectivity index (χ4n) is 2.74. The van der Waals surface area contributed by atoms with Crippen molar-refractivity contribution >= 4 is 11.3 Å². The quantitative estimate of drug-likeness (QED) is 0.651. The third-order valence-electron chi connectivity index (χ3n) is 4.01. The van der Waals surface area contributed by atoms with Gasteiger partial charge in [-0.2, -0.15) is 0 Å². The first-order chi connectivity index (χ1) is 11.9. The summed E-state index contributed by atoms with van der Waals surface area (Å²) in [5.41, 5.74) is 2.43. The number of nitrogens with zero attached hydrogens (tertiary/aromatic N) is 1. The average Bonchev–Trinajstić information content (AvgIpc) is 3.11. The van der Waals surface area contributed by atoms with Gasteiger partial charge in [-0.15, -0.1) is 11.3 Å². The first-order valence-electron chi connectivity index (χ1n) is 8.23. The van der Waals surface area contributed by atoms with Crippen molar-refractivity contribution in [3.63, 3.8) is 0 Å². The van der Waals surface area contributed by atoms with Crippen molar-refractivity contribution < 1.29 is 5.11 Å². The maximum atomic E-state index is 9.31. The summed E-state index contributed by atoms with van der Waals surface area (Å²) in [5, 5.41) is 13.9. The van der Waals surface area contributed by atoms with Crippen LogP contribution in [0.25, 0.3) is 10.6 Å². The lowest BCUT2D eigenvalue weighted by atomic mass is 9.96. The van der Waals surface area contributed by atoms with Crippen LogP contribution in [0.1, 0.15) is 22.8 Å². The molecule has 124 valence electrons. The van der Waals surface area contributed by atoms with Crippen LogP contribution >= 0.6 is 11.3 Å². The Morgan fingerprint density at radius 2 is 1.71 bits per heavy atom. The normalized spacial score (nSPS) is 12.2. The van der Waals surface area contributed by atoms with E-state index in [2.05, 4.69) is 46.7 Å². The maximum Gasteiger partial charge on any atom is 0.123 e. The van der Waals surface area contributed by atoms with E-state index in [0.717, 1.165) is 30.1 Å². The fraction of sp³-hybridized carbons (Fsp3) is 0.250. The highest BCUT2D eigenvalue weighted by Gasteiger charge is 2.11. The van der Waals surface area contributed by atoms with Crippen LogP contribution in [0.4, 0.5) is 0 Å². The molecule has 2 N–H and O–H groups in total. The number of hydrogen-bond donors (Lipinski definition) is 2. The van der Waals surface area contributed by atoms with Crippen LogP contribution in [0.2, 0.25) is 0 Å². The fourth-order valence-corrected chi connectivity index (χ4v) is 3.63. The standard InChI is InChI=1S/C20H22N2OS/c23-12-11-18(16-7-3-1-4-8-16)13-21-14-19-15-22-20(24-19)17-9-5-2-6-10-17/h1-10,15,18,21,23H,11-14H2. The molecule has 0 aliphatic carbocycles. The van der Waals surface area contributed by atoms with Gasteiger partial charge in [0.25, 0.3) is 0 Å². The van der Waals surface area contributed by atoms with Crippen LogP contribution in [-0.4, -0.2) is 23.2 Å². The van der Waals surface area contributed by atoms with Gasteiger partial charge in [-0.05, 0) is 17.9 Å². The van der Waals surface area contributed by atoms with E-state index in [1.165, 1.54) is 10.4 Å². The van der Waals surface area contributed by atoms with E-state index in [1.807, 2.05) is 30.5 Å². The Balaban J connectivity index is 1.56.